The van der Waals surface area contributed by atoms with Crippen molar-refractivity contribution in [3.8, 4) is 28.5 Å². The van der Waals surface area contributed by atoms with Gasteiger partial charge in [0.15, 0.2) is 17.3 Å². The number of hydrogen-bond acceptors (Lipinski definition) is 9. The van der Waals surface area contributed by atoms with Crippen LogP contribution in [0.25, 0.3) is 11.3 Å². The fourth-order valence-electron chi connectivity index (χ4n) is 5.14. The topological polar surface area (TPSA) is 101 Å². The maximum absolute atomic E-state index is 13.6. The average molecular weight is 575 g/mol. The first-order valence-corrected chi connectivity index (χ1v) is 14.4. The Labute approximate surface area is 246 Å². The number of nitrogens with zero attached hydrogens (tertiary/aromatic N) is 6. The van der Waals surface area contributed by atoms with E-state index in [9.17, 15) is 9.59 Å². The number of likely N-dealkylation sites (N-methyl/N-ethyl adjacent to an activating group) is 1. The fraction of sp³-hybridized carbons (Fsp3) is 0.419. The molecule has 0 radical (unpaired) electrons. The van der Waals surface area contributed by atoms with Gasteiger partial charge < -0.3 is 33.8 Å². The Morgan fingerprint density at radius 1 is 0.905 bits per heavy atom. The van der Waals surface area contributed by atoms with Crippen LogP contribution >= 0.6 is 0 Å². The van der Waals surface area contributed by atoms with E-state index in [1.54, 1.807) is 30.2 Å². The van der Waals surface area contributed by atoms with Crippen LogP contribution in [0.4, 0.5) is 5.82 Å². The number of benzene rings is 2. The van der Waals surface area contributed by atoms with Gasteiger partial charge in [-0.05, 0) is 55.6 Å². The van der Waals surface area contributed by atoms with Crippen molar-refractivity contribution in [2.45, 2.75) is 13.8 Å². The minimum atomic E-state index is -0.196. The molecule has 0 saturated carbocycles. The van der Waals surface area contributed by atoms with E-state index in [-0.39, 0.29) is 25.2 Å². The first-order chi connectivity index (χ1) is 20.5. The van der Waals surface area contributed by atoms with Crippen molar-refractivity contribution >= 4 is 17.6 Å². The molecule has 1 fully saturated rings. The van der Waals surface area contributed by atoms with E-state index in [2.05, 4.69) is 33.8 Å². The van der Waals surface area contributed by atoms with Crippen LogP contribution < -0.4 is 19.1 Å². The molecule has 42 heavy (non-hydrogen) atoms. The summed E-state index contributed by atoms with van der Waals surface area (Å²) in [6.07, 6.45) is 0. The second kappa shape index (κ2) is 13.5. The summed E-state index contributed by atoms with van der Waals surface area (Å²) in [6, 6.07) is 16.8. The second-order valence-corrected chi connectivity index (χ2v) is 10.2. The molecule has 3 heterocycles. The molecule has 0 bridgehead atoms. The summed E-state index contributed by atoms with van der Waals surface area (Å²) in [4.78, 5) is 34.8. The molecule has 2 aromatic carbocycles. The molecule has 3 aromatic rings. The van der Waals surface area contributed by atoms with Gasteiger partial charge in [0.2, 0.25) is 12.7 Å². The summed E-state index contributed by atoms with van der Waals surface area (Å²) in [5.41, 5.74) is 2.18. The predicted octanol–water partition coefficient (Wildman–Crippen LogP) is 3.01. The van der Waals surface area contributed by atoms with E-state index in [1.807, 2.05) is 41.3 Å². The molecular formula is C31H38N6O5. The van der Waals surface area contributed by atoms with E-state index in [0.29, 0.717) is 56.3 Å². The number of rotatable bonds is 11. The molecule has 222 valence electrons. The number of fused-ring (bicyclic) bond motifs is 1. The summed E-state index contributed by atoms with van der Waals surface area (Å²) < 4.78 is 16.2. The summed E-state index contributed by atoms with van der Waals surface area (Å²) >= 11 is 0. The maximum atomic E-state index is 13.6. The third-order valence-electron chi connectivity index (χ3n) is 7.79. The highest BCUT2D eigenvalue weighted by Crippen LogP contribution is 2.33. The molecule has 1 aromatic heterocycles. The van der Waals surface area contributed by atoms with Crippen LogP contribution in [-0.4, -0.2) is 110 Å². The Hall–Kier alpha value is -4.38. The Morgan fingerprint density at radius 3 is 2.40 bits per heavy atom. The molecule has 11 heteroatoms. The van der Waals surface area contributed by atoms with Gasteiger partial charge in [-0.1, -0.05) is 26.0 Å². The van der Waals surface area contributed by atoms with Crippen LogP contribution in [0.1, 0.15) is 24.2 Å². The lowest BCUT2D eigenvalue weighted by atomic mass is 10.1. The highest BCUT2D eigenvalue weighted by Gasteiger charge is 2.27. The van der Waals surface area contributed by atoms with Crippen LogP contribution in [0.15, 0.2) is 54.6 Å². The predicted molar refractivity (Wildman–Crippen MR) is 159 cm³/mol. The van der Waals surface area contributed by atoms with E-state index >= 15 is 0 Å². The monoisotopic (exact) mass is 574 g/mol. The third kappa shape index (κ3) is 6.73. The van der Waals surface area contributed by atoms with Gasteiger partial charge >= 0.3 is 0 Å². The van der Waals surface area contributed by atoms with Crippen molar-refractivity contribution < 1.29 is 23.8 Å². The Morgan fingerprint density at radius 2 is 1.69 bits per heavy atom. The number of carbonyl (C=O) groups excluding carboxylic acids is 2. The van der Waals surface area contributed by atoms with Crippen molar-refractivity contribution in [2.24, 2.45) is 0 Å². The average Bonchev–Trinajstić information content (AvgIpc) is 3.52. The van der Waals surface area contributed by atoms with Crippen LogP contribution in [0.5, 0.6) is 17.2 Å². The highest BCUT2D eigenvalue weighted by atomic mass is 16.7. The zero-order valence-electron chi connectivity index (χ0n) is 24.5. The number of anilines is 1. The molecule has 0 unspecified atom stereocenters. The molecule has 0 aliphatic carbocycles. The lowest BCUT2D eigenvalue weighted by Crippen LogP contribution is -2.52. The smallest absolute Gasteiger partial charge is 0.254 e. The minimum absolute atomic E-state index is 0.0174. The van der Waals surface area contributed by atoms with E-state index in [0.717, 1.165) is 35.9 Å². The number of piperazine rings is 1. The van der Waals surface area contributed by atoms with Crippen molar-refractivity contribution in [2.75, 3.05) is 77.7 Å². The van der Waals surface area contributed by atoms with Crippen LogP contribution in [0.3, 0.4) is 0 Å². The summed E-state index contributed by atoms with van der Waals surface area (Å²) in [7, 11) is 1.64. The minimum Gasteiger partial charge on any atom is -0.497 e. The van der Waals surface area contributed by atoms with E-state index < -0.39 is 0 Å². The van der Waals surface area contributed by atoms with Crippen LogP contribution in [-0.2, 0) is 4.79 Å². The summed E-state index contributed by atoms with van der Waals surface area (Å²) in [5.74, 6) is 2.44. The van der Waals surface area contributed by atoms with Gasteiger partial charge in [0.05, 0.1) is 12.8 Å². The zero-order valence-corrected chi connectivity index (χ0v) is 24.5. The SMILES string of the molecule is CCN(CC)CCN(CC(=O)N1CCN(c2ccc(-c3cccc(OC)c3)nn2)CC1)C(=O)c1ccc2c(c1)OCO2. The van der Waals surface area contributed by atoms with Gasteiger partial charge in [0, 0.05) is 50.4 Å². The van der Waals surface area contributed by atoms with Crippen LogP contribution in [0, 0.1) is 0 Å². The highest BCUT2D eigenvalue weighted by molar-refractivity contribution is 5.97. The number of ether oxygens (including phenoxy) is 3. The lowest BCUT2D eigenvalue weighted by molar-refractivity contribution is -0.132. The molecule has 1 saturated heterocycles. The van der Waals surface area contributed by atoms with Crippen LogP contribution in [0.2, 0.25) is 0 Å². The number of amides is 2. The molecular weight excluding hydrogens is 536 g/mol. The van der Waals surface area contributed by atoms with Gasteiger partial charge in [-0.25, -0.2) is 0 Å². The molecule has 2 amide bonds. The first-order valence-electron chi connectivity index (χ1n) is 14.4. The number of methoxy groups -OCH3 is 1. The standard InChI is InChI=1S/C31H38N6O5/c1-4-34(5-2)13-14-37(31(39)24-9-11-27-28(20-24)42-22-41-27)21-30(38)36-17-15-35(16-18-36)29-12-10-26(32-33-29)23-7-6-8-25(19-23)40-3/h6-12,19-20H,4-5,13-18,21-22H2,1-3H3. The summed E-state index contributed by atoms with van der Waals surface area (Å²) in [5, 5.41) is 8.86. The first kappa shape index (κ1) is 29.1. The van der Waals surface area contributed by atoms with E-state index in [4.69, 9.17) is 14.2 Å². The van der Waals surface area contributed by atoms with Gasteiger partial charge in [-0.15, -0.1) is 10.2 Å². The molecule has 0 spiro atoms. The van der Waals surface area contributed by atoms with Gasteiger partial charge in [0.25, 0.3) is 5.91 Å². The maximum Gasteiger partial charge on any atom is 0.254 e. The Kier molecular flexibility index (Phi) is 9.38. The molecule has 0 atom stereocenters. The van der Waals surface area contributed by atoms with Crippen molar-refractivity contribution in [3.05, 3.63) is 60.2 Å². The largest absolute Gasteiger partial charge is 0.497 e. The summed E-state index contributed by atoms with van der Waals surface area (Å²) in [6.45, 7) is 9.59. The zero-order chi connectivity index (χ0) is 29.5. The second-order valence-electron chi connectivity index (χ2n) is 10.2. The van der Waals surface area contributed by atoms with Crippen molar-refractivity contribution in [1.82, 2.24) is 24.9 Å². The Bertz CT molecular complexity index is 1370. The van der Waals surface area contributed by atoms with Gasteiger partial charge in [-0.3, -0.25) is 9.59 Å². The molecule has 2 aliphatic rings. The number of aromatic nitrogens is 2. The molecule has 11 nitrogen and oxygen atoms in total. The molecule has 2 aliphatic heterocycles. The van der Waals surface area contributed by atoms with Gasteiger partial charge in [0.1, 0.15) is 12.3 Å². The fourth-order valence-corrected chi connectivity index (χ4v) is 5.14. The lowest BCUT2D eigenvalue weighted by Gasteiger charge is -2.36. The third-order valence-corrected chi connectivity index (χ3v) is 7.79. The Balaban J connectivity index is 1.20. The quantitative estimate of drug-likeness (QED) is 0.342. The van der Waals surface area contributed by atoms with Crippen molar-refractivity contribution in [1.29, 1.82) is 0 Å². The van der Waals surface area contributed by atoms with E-state index in [1.165, 1.54) is 0 Å². The molecule has 5 rings (SSSR count). The van der Waals surface area contributed by atoms with Crippen molar-refractivity contribution in [3.63, 3.8) is 0 Å². The number of hydrogen-bond donors (Lipinski definition) is 0. The normalized spacial score (nSPS) is 14.3. The van der Waals surface area contributed by atoms with Gasteiger partial charge in [-0.2, -0.15) is 0 Å². The number of carbonyl (C=O) groups is 2. The molecule has 0 N–H and O–H groups in total.